The third-order valence-corrected chi connectivity index (χ3v) is 2.28. The number of aliphatic imine (C=N–C) groups is 1. The molecule has 2 nitrogen and oxygen atoms in total. The van der Waals surface area contributed by atoms with Gasteiger partial charge in [0.1, 0.15) is 17.3 Å². The standard InChI is InChI=1S/C12H14F4N2/c1-11(2,3)10(17)18-9-6-7(12(14,15)16)4-5-8(9)13/h4-6H,1-3H3,(H2,17,18). The Hall–Kier alpha value is -1.59. The molecule has 0 spiro atoms. The predicted molar refractivity (Wildman–Crippen MR) is 62.1 cm³/mol. The van der Waals surface area contributed by atoms with Gasteiger partial charge in [0.15, 0.2) is 0 Å². The summed E-state index contributed by atoms with van der Waals surface area (Å²) >= 11 is 0. The minimum absolute atomic E-state index is 0.0701. The zero-order valence-electron chi connectivity index (χ0n) is 10.3. The van der Waals surface area contributed by atoms with Crippen molar-refractivity contribution in [2.45, 2.75) is 26.9 Å². The van der Waals surface area contributed by atoms with E-state index in [0.717, 1.165) is 6.07 Å². The highest BCUT2D eigenvalue weighted by molar-refractivity contribution is 5.87. The lowest BCUT2D eigenvalue weighted by Gasteiger charge is -2.17. The van der Waals surface area contributed by atoms with Gasteiger partial charge in [-0.05, 0) is 18.2 Å². The van der Waals surface area contributed by atoms with E-state index in [-0.39, 0.29) is 5.84 Å². The van der Waals surface area contributed by atoms with E-state index in [4.69, 9.17) is 5.73 Å². The summed E-state index contributed by atoms with van der Waals surface area (Å²) in [6.45, 7) is 5.20. The first kappa shape index (κ1) is 14.5. The molecule has 0 saturated carbocycles. The summed E-state index contributed by atoms with van der Waals surface area (Å²) in [5.74, 6) is -0.768. The largest absolute Gasteiger partial charge is 0.416 e. The molecule has 18 heavy (non-hydrogen) atoms. The molecule has 0 unspecified atom stereocenters. The van der Waals surface area contributed by atoms with Crippen molar-refractivity contribution in [3.8, 4) is 0 Å². The van der Waals surface area contributed by atoms with Crippen molar-refractivity contribution in [3.63, 3.8) is 0 Å². The van der Waals surface area contributed by atoms with Gasteiger partial charge in [-0.3, -0.25) is 0 Å². The van der Waals surface area contributed by atoms with Crippen LogP contribution in [0.4, 0.5) is 23.2 Å². The van der Waals surface area contributed by atoms with E-state index in [0.29, 0.717) is 12.1 Å². The molecule has 0 atom stereocenters. The molecule has 0 aromatic heterocycles. The second-order valence-corrected chi connectivity index (χ2v) is 4.91. The zero-order valence-corrected chi connectivity index (χ0v) is 10.3. The first-order chi connectivity index (χ1) is 8.01. The molecule has 1 aromatic carbocycles. The number of amidine groups is 1. The highest BCUT2D eigenvalue weighted by Gasteiger charge is 2.31. The minimum Gasteiger partial charge on any atom is -0.387 e. The average Bonchev–Trinajstić information content (AvgIpc) is 2.18. The zero-order chi connectivity index (χ0) is 14.1. The van der Waals surface area contributed by atoms with Gasteiger partial charge in [0.05, 0.1) is 5.56 Å². The Kier molecular flexibility index (Phi) is 3.69. The van der Waals surface area contributed by atoms with Crippen LogP contribution >= 0.6 is 0 Å². The van der Waals surface area contributed by atoms with E-state index in [1.54, 1.807) is 20.8 Å². The second kappa shape index (κ2) is 4.59. The normalized spacial score (nSPS) is 13.8. The van der Waals surface area contributed by atoms with Crippen molar-refractivity contribution in [1.29, 1.82) is 0 Å². The van der Waals surface area contributed by atoms with Gasteiger partial charge < -0.3 is 5.73 Å². The fourth-order valence-corrected chi connectivity index (χ4v) is 1.07. The predicted octanol–water partition coefficient (Wildman–Crippen LogP) is 3.88. The van der Waals surface area contributed by atoms with Crippen LogP contribution < -0.4 is 5.73 Å². The minimum atomic E-state index is -4.53. The van der Waals surface area contributed by atoms with E-state index in [1.807, 2.05) is 0 Å². The molecule has 0 aliphatic heterocycles. The van der Waals surface area contributed by atoms with E-state index in [1.165, 1.54) is 0 Å². The average molecular weight is 262 g/mol. The van der Waals surface area contributed by atoms with Crippen LogP contribution in [-0.4, -0.2) is 5.84 Å². The number of halogens is 4. The van der Waals surface area contributed by atoms with Gasteiger partial charge in [0.2, 0.25) is 0 Å². The second-order valence-electron chi connectivity index (χ2n) is 4.91. The maximum Gasteiger partial charge on any atom is 0.416 e. The molecular formula is C12H14F4N2. The highest BCUT2D eigenvalue weighted by Crippen LogP contribution is 2.33. The maximum absolute atomic E-state index is 13.4. The lowest BCUT2D eigenvalue weighted by atomic mass is 9.95. The SMILES string of the molecule is CC(C)(C)C(N)=Nc1cc(C(F)(F)F)ccc1F. The molecule has 0 fully saturated rings. The molecule has 1 rings (SSSR count). The van der Waals surface area contributed by atoms with Crippen LogP contribution in [0.1, 0.15) is 26.3 Å². The number of benzene rings is 1. The molecule has 0 radical (unpaired) electrons. The van der Waals surface area contributed by atoms with E-state index >= 15 is 0 Å². The van der Waals surface area contributed by atoms with Crippen LogP contribution in [0.2, 0.25) is 0 Å². The van der Waals surface area contributed by atoms with Crippen LogP contribution in [0.25, 0.3) is 0 Å². The lowest BCUT2D eigenvalue weighted by molar-refractivity contribution is -0.137. The van der Waals surface area contributed by atoms with Crippen LogP contribution in [0, 0.1) is 11.2 Å². The summed E-state index contributed by atoms with van der Waals surface area (Å²) < 4.78 is 50.8. The fraction of sp³-hybridized carbons (Fsp3) is 0.417. The Balaban J connectivity index is 3.26. The highest BCUT2D eigenvalue weighted by atomic mass is 19.4. The molecule has 0 amide bonds. The fourth-order valence-electron chi connectivity index (χ4n) is 1.07. The van der Waals surface area contributed by atoms with E-state index < -0.39 is 28.7 Å². The van der Waals surface area contributed by atoms with Crippen LogP contribution in [0.5, 0.6) is 0 Å². The van der Waals surface area contributed by atoms with E-state index in [9.17, 15) is 17.6 Å². The van der Waals surface area contributed by atoms with Gasteiger partial charge in [0, 0.05) is 5.41 Å². The van der Waals surface area contributed by atoms with Crippen molar-refractivity contribution >= 4 is 11.5 Å². The molecule has 2 N–H and O–H groups in total. The molecule has 0 bridgehead atoms. The Morgan fingerprint density at radius 1 is 1.17 bits per heavy atom. The van der Waals surface area contributed by atoms with E-state index in [2.05, 4.69) is 4.99 Å². The molecule has 0 aliphatic rings. The van der Waals surface area contributed by atoms with Crippen molar-refractivity contribution in [1.82, 2.24) is 0 Å². The number of nitrogens with two attached hydrogens (primary N) is 1. The summed E-state index contributed by atoms with van der Waals surface area (Å²) in [7, 11) is 0. The van der Waals surface area contributed by atoms with Gasteiger partial charge in [-0.15, -0.1) is 0 Å². The first-order valence-corrected chi connectivity index (χ1v) is 5.23. The number of rotatable bonds is 1. The topological polar surface area (TPSA) is 38.4 Å². The molecule has 0 aliphatic carbocycles. The van der Waals surface area contributed by atoms with Crippen LogP contribution in [0.3, 0.4) is 0 Å². The Bertz CT molecular complexity index is 470. The first-order valence-electron chi connectivity index (χ1n) is 5.23. The summed E-state index contributed by atoms with van der Waals surface area (Å²) in [6, 6.07) is 2.05. The number of hydrogen-bond donors (Lipinski definition) is 1. The monoisotopic (exact) mass is 262 g/mol. The third-order valence-electron chi connectivity index (χ3n) is 2.28. The number of nitrogens with zero attached hydrogens (tertiary/aromatic N) is 1. The Labute approximate surface area is 103 Å². The lowest BCUT2D eigenvalue weighted by Crippen LogP contribution is -2.28. The molecule has 1 aromatic rings. The Morgan fingerprint density at radius 3 is 2.17 bits per heavy atom. The van der Waals surface area contributed by atoms with Crippen molar-refractivity contribution in [2.24, 2.45) is 16.1 Å². The van der Waals surface area contributed by atoms with Crippen LogP contribution in [-0.2, 0) is 6.18 Å². The summed E-state index contributed by atoms with van der Waals surface area (Å²) in [6.07, 6.45) is -4.53. The third kappa shape index (κ3) is 3.45. The quantitative estimate of drug-likeness (QED) is 0.465. The van der Waals surface area contributed by atoms with Gasteiger partial charge >= 0.3 is 6.18 Å². The van der Waals surface area contributed by atoms with Crippen molar-refractivity contribution in [2.75, 3.05) is 0 Å². The van der Waals surface area contributed by atoms with Gasteiger partial charge in [0.25, 0.3) is 0 Å². The van der Waals surface area contributed by atoms with Crippen molar-refractivity contribution < 1.29 is 17.6 Å². The Morgan fingerprint density at radius 2 is 1.72 bits per heavy atom. The summed E-state index contributed by atoms with van der Waals surface area (Å²) in [4.78, 5) is 3.72. The van der Waals surface area contributed by atoms with Gasteiger partial charge in [-0.2, -0.15) is 13.2 Å². The van der Waals surface area contributed by atoms with Gasteiger partial charge in [-0.1, -0.05) is 20.8 Å². The molecule has 6 heteroatoms. The molecular weight excluding hydrogens is 248 g/mol. The maximum atomic E-state index is 13.4. The molecule has 0 heterocycles. The number of alkyl halides is 3. The van der Waals surface area contributed by atoms with Crippen LogP contribution in [0.15, 0.2) is 23.2 Å². The van der Waals surface area contributed by atoms with Gasteiger partial charge in [-0.25, -0.2) is 9.38 Å². The molecule has 100 valence electrons. The summed E-state index contributed by atoms with van der Waals surface area (Å²) in [5, 5.41) is 0. The smallest absolute Gasteiger partial charge is 0.387 e. The number of hydrogen-bond acceptors (Lipinski definition) is 1. The van der Waals surface area contributed by atoms with Crippen molar-refractivity contribution in [3.05, 3.63) is 29.6 Å². The summed E-state index contributed by atoms with van der Waals surface area (Å²) in [5.41, 5.74) is 3.71. The molecule has 0 saturated heterocycles.